The summed E-state index contributed by atoms with van der Waals surface area (Å²) in [6.45, 7) is 6.33. The SMILES string of the molecule is CC(C)(C)OC(=O)N1CC2(CC(n3nc(SC#N)cc3C(F)(F)F)C2)C1. The minimum absolute atomic E-state index is 0.0461. The van der Waals surface area contributed by atoms with E-state index in [9.17, 15) is 18.0 Å². The molecule has 2 aliphatic rings. The summed E-state index contributed by atoms with van der Waals surface area (Å²) in [6, 6.07) is 0.535. The van der Waals surface area contributed by atoms with Crippen LogP contribution in [0.3, 0.4) is 0 Å². The highest BCUT2D eigenvalue weighted by atomic mass is 32.2. The number of halogens is 3. The van der Waals surface area contributed by atoms with Gasteiger partial charge < -0.3 is 9.64 Å². The molecule has 1 amide bonds. The minimum Gasteiger partial charge on any atom is -0.444 e. The largest absolute Gasteiger partial charge is 0.444 e. The summed E-state index contributed by atoms with van der Waals surface area (Å²) in [5.41, 5.74) is -1.56. The summed E-state index contributed by atoms with van der Waals surface area (Å²) in [5.74, 6) is 0. The van der Waals surface area contributed by atoms with E-state index in [-0.39, 0.29) is 16.5 Å². The van der Waals surface area contributed by atoms with Crippen LogP contribution in [0, 0.1) is 16.1 Å². The summed E-state index contributed by atoms with van der Waals surface area (Å²) in [7, 11) is 0. The highest BCUT2D eigenvalue weighted by Gasteiger charge is 2.56. The lowest BCUT2D eigenvalue weighted by Gasteiger charge is -2.58. The fraction of sp³-hybridized carbons (Fsp3) is 0.688. The molecule has 1 saturated carbocycles. The third-order valence-corrected chi connectivity index (χ3v) is 5.04. The zero-order valence-electron chi connectivity index (χ0n) is 14.6. The van der Waals surface area contributed by atoms with E-state index in [2.05, 4.69) is 5.10 Å². The Morgan fingerprint density at radius 2 is 2.00 bits per heavy atom. The molecule has 1 spiro atoms. The number of thiocyanates is 1. The van der Waals surface area contributed by atoms with E-state index in [4.69, 9.17) is 10.00 Å². The molecule has 0 radical (unpaired) electrons. The number of ether oxygens (including phenoxy) is 1. The van der Waals surface area contributed by atoms with E-state index in [0.717, 1.165) is 10.7 Å². The van der Waals surface area contributed by atoms with Crippen molar-refractivity contribution in [3.05, 3.63) is 11.8 Å². The Morgan fingerprint density at radius 3 is 2.50 bits per heavy atom. The van der Waals surface area contributed by atoms with Crippen LogP contribution < -0.4 is 0 Å². The molecule has 0 aromatic carbocycles. The summed E-state index contributed by atoms with van der Waals surface area (Å²) in [5, 5.41) is 14.4. The van der Waals surface area contributed by atoms with Crippen LogP contribution >= 0.6 is 11.8 Å². The fourth-order valence-electron chi connectivity index (χ4n) is 3.55. The van der Waals surface area contributed by atoms with Crippen molar-refractivity contribution in [2.75, 3.05) is 13.1 Å². The zero-order chi connectivity index (χ0) is 19.3. The maximum atomic E-state index is 13.2. The first-order valence-electron chi connectivity index (χ1n) is 8.13. The van der Waals surface area contributed by atoms with E-state index < -0.39 is 23.6 Å². The lowest BCUT2D eigenvalue weighted by molar-refractivity contribution is -0.150. The number of thioether (sulfide) groups is 1. The molecule has 2 heterocycles. The molecule has 142 valence electrons. The maximum absolute atomic E-state index is 13.2. The van der Waals surface area contributed by atoms with Crippen LogP contribution in [0.25, 0.3) is 0 Å². The Kier molecular flexibility index (Phi) is 4.42. The quantitative estimate of drug-likeness (QED) is 0.565. The standard InChI is InChI=1S/C16H19F3N4O2S/c1-14(2,3)25-13(24)22-7-15(8-22)5-10(6-15)23-11(16(17,18)19)4-12(21-23)26-9-20/h4,10H,5-8H2,1-3H3. The summed E-state index contributed by atoms with van der Waals surface area (Å²) >= 11 is 0.612. The molecule has 10 heteroatoms. The molecule has 0 atom stereocenters. The molecule has 0 bridgehead atoms. The number of hydrogen-bond donors (Lipinski definition) is 0. The molecule has 6 nitrogen and oxygen atoms in total. The van der Waals surface area contributed by atoms with E-state index in [0.29, 0.717) is 37.7 Å². The van der Waals surface area contributed by atoms with E-state index >= 15 is 0 Å². The Hall–Kier alpha value is -1.89. The molecule has 0 unspecified atom stereocenters. The average molecular weight is 388 g/mol. The summed E-state index contributed by atoms with van der Waals surface area (Å²) < 4.78 is 45.9. The first kappa shape index (κ1) is 18.9. The number of hydrogen-bond acceptors (Lipinski definition) is 5. The van der Waals surface area contributed by atoms with Gasteiger partial charge in [0.05, 0.1) is 6.04 Å². The van der Waals surface area contributed by atoms with Crippen molar-refractivity contribution in [2.45, 2.75) is 56.5 Å². The molecule has 1 aliphatic heterocycles. The van der Waals surface area contributed by atoms with Crippen LogP contribution in [0.2, 0.25) is 0 Å². The first-order chi connectivity index (χ1) is 11.9. The van der Waals surface area contributed by atoms with Gasteiger partial charge in [-0.2, -0.15) is 23.5 Å². The number of alkyl halides is 3. The molecule has 1 aliphatic carbocycles. The Bertz CT molecular complexity index is 749. The van der Waals surface area contributed by atoms with E-state index in [1.54, 1.807) is 31.1 Å². The van der Waals surface area contributed by atoms with Gasteiger partial charge in [-0.25, -0.2) is 4.79 Å². The Labute approximate surface area is 153 Å². The second-order valence-electron chi connectivity index (χ2n) is 7.90. The monoisotopic (exact) mass is 388 g/mol. The molecule has 3 rings (SSSR count). The number of carbonyl (C=O) groups is 1. The molecule has 0 N–H and O–H groups in total. The molecule has 1 aromatic rings. The van der Waals surface area contributed by atoms with Crippen molar-refractivity contribution in [1.82, 2.24) is 14.7 Å². The van der Waals surface area contributed by atoms with Crippen molar-refractivity contribution in [2.24, 2.45) is 5.41 Å². The van der Waals surface area contributed by atoms with E-state index in [1.165, 1.54) is 0 Å². The van der Waals surface area contributed by atoms with Crippen molar-refractivity contribution in [3.63, 3.8) is 0 Å². The van der Waals surface area contributed by atoms with Crippen molar-refractivity contribution in [1.29, 1.82) is 5.26 Å². The van der Waals surface area contributed by atoms with Gasteiger partial charge in [-0.05, 0) is 33.6 Å². The fourth-order valence-corrected chi connectivity index (χ4v) is 3.94. The third kappa shape index (κ3) is 3.63. The second kappa shape index (κ2) is 6.08. The normalized spacial score (nSPS) is 19.7. The van der Waals surface area contributed by atoms with Gasteiger partial charge in [-0.3, -0.25) is 4.68 Å². The van der Waals surface area contributed by atoms with Crippen LogP contribution in [0.1, 0.15) is 45.3 Å². The van der Waals surface area contributed by atoms with Crippen LogP contribution in [0.15, 0.2) is 11.1 Å². The molecular weight excluding hydrogens is 369 g/mol. The van der Waals surface area contributed by atoms with Crippen LogP contribution in [0.5, 0.6) is 0 Å². The van der Waals surface area contributed by atoms with Gasteiger partial charge >= 0.3 is 12.3 Å². The molecule has 1 aromatic heterocycles. The predicted octanol–water partition coefficient (Wildman–Crippen LogP) is 4.05. The van der Waals surface area contributed by atoms with Gasteiger partial charge in [0, 0.05) is 36.3 Å². The predicted molar refractivity (Wildman–Crippen MR) is 87.2 cm³/mol. The van der Waals surface area contributed by atoms with E-state index in [1.807, 2.05) is 0 Å². The number of nitriles is 1. The summed E-state index contributed by atoms with van der Waals surface area (Å²) in [4.78, 5) is 13.6. The van der Waals surface area contributed by atoms with Crippen molar-refractivity contribution in [3.8, 4) is 5.40 Å². The third-order valence-electron chi connectivity index (χ3n) is 4.54. The van der Waals surface area contributed by atoms with Gasteiger partial charge in [0.2, 0.25) is 0 Å². The van der Waals surface area contributed by atoms with Crippen LogP contribution in [0.4, 0.5) is 18.0 Å². The Morgan fingerprint density at radius 1 is 1.38 bits per heavy atom. The van der Waals surface area contributed by atoms with Crippen molar-refractivity contribution < 1.29 is 22.7 Å². The summed E-state index contributed by atoms with van der Waals surface area (Å²) in [6.07, 6.45) is -3.87. The van der Waals surface area contributed by atoms with Crippen molar-refractivity contribution >= 4 is 17.9 Å². The molecule has 1 saturated heterocycles. The second-order valence-corrected chi connectivity index (χ2v) is 8.71. The van der Waals surface area contributed by atoms with Gasteiger partial charge in [0.15, 0.2) is 0 Å². The molecule has 26 heavy (non-hydrogen) atoms. The molecular formula is C16H19F3N4O2S. The highest BCUT2D eigenvalue weighted by molar-refractivity contribution is 8.03. The first-order valence-corrected chi connectivity index (χ1v) is 8.95. The highest BCUT2D eigenvalue weighted by Crippen LogP contribution is 2.55. The zero-order valence-corrected chi connectivity index (χ0v) is 15.4. The van der Waals surface area contributed by atoms with Gasteiger partial charge in [-0.1, -0.05) is 0 Å². The molecule has 2 fully saturated rings. The number of likely N-dealkylation sites (tertiary alicyclic amines) is 1. The number of rotatable bonds is 2. The van der Waals surface area contributed by atoms with Gasteiger partial charge in [0.25, 0.3) is 0 Å². The average Bonchev–Trinajstić information content (AvgIpc) is 2.77. The van der Waals surface area contributed by atoms with Crippen LogP contribution in [-0.2, 0) is 10.9 Å². The topological polar surface area (TPSA) is 71.2 Å². The number of aromatic nitrogens is 2. The smallest absolute Gasteiger partial charge is 0.433 e. The van der Waals surface area contributed by atoms with Gasteiger partial charge in [-0.15, -0.1) is 0 Å². The number of carbonyl (C=O) groups excluding carboxylic acids is 1. The lowest BCUT2D eigenvalue weighted by Crippen LogP contribution is -2.64. The van der Waals surface area contributed by atoms with Crippen LogP contribution in [-0.4, -0.2) is 39.5 Å². The maximum Gasteiger partial charge on any atom is 0.433 e. The Balaban J connectivity index is 1.63. The number of amides is 1. The van der Waals surface area contributed by atoms with Gasteiger partial charge in [0.1, 0.15) is 21.7 Å². The lowest BCUT2D eigenvalue weighted by atomic mass is 9.61. The number of nitrogens with zero attached hydrogens (tertiary/aromatic N) is 4. The minimum atomic E-state index is -4.52.